The standard InChI is InChI=1S/C18H32N4O2/c1-14(23)21-9-4-5-15(13-21)11-19-18(24)20-12-17-6-2-3-10-22(17)16-7-8-16/h15-17H,2-13H2,1H3,(H2,19,20,24). The van der Waals surface area contributed by atoms with E-state index in [9.17, 15) is 9.59 Å². The van der Waals surface area contributed by atoms with Crippen molar-refractivity contribution in [2.45, 2.75) is 64.0 Å². The summed E-state index contributed by atoms with van der Waals surface area (Å²) in [4.78, 5) is 28.1. The van der Waals surface area contributed by atoms with Gasteiger partial charge in [-0.2, -0.15) is 0 Å². The molecule has 2 N–H and O–H groups in total. The van der Waals surface area contributed by atoms with Crippen molar-refractivity contribution in [1.82, 2.24) is 20.4 Å². The lowest BCUT2D eigenvalue weighted by molar-refractivity contribution is -0.130. The number of nitrogens with one attached hydrogen (secondary N) is 2. The minimum Gasteiger partial charge on any atom is -0.343 e. The Labute approximate surface area is 145 Å². The minimum atomic E-state index is -0.0590. The Morgan fingerprint density at radius 2 is 1.75 bits per heavy atom. The summed E-state index contributed by atoms with van der Waals surface area (Å²) in [5.41, 5.74) is 0. The van der Waals surface area contributed by atoms with E-state index in [2.05, 4.69) is 15.5 Å². The summed E-state index contributed by atoms with van der Waals surface area (Å²) in [5, 5.41) is 6.07. The third-order valence-corrected chi connectivity index (χ3v) is 5.70. The predicted molar refractivity (Wildman–Crippen MR) is 93.7 cm³/mol. The minimum absolute atomic E-state index is 0.0590. The van der Waals surface area contributed by atoms with Crippen LogP contribution >= 0.6 is 0 Å². The molecule has 2 heterocycles. The van der Waals surface area contributed by atoms with Crippen LogP contribution in [0.25, 0.3) is 0 Å². The van der Waals surface area contributed by atoms with Gasteiger partial charge in [-0.1, -0.05) is 6.42 Å². The second-order valence-electron chi connectivity index (χ2n) is 7.68. The topological polar surface area (TPSA) is 64.7 Å². The molecule has 2 saturated heterocycles. The molecule has 3 fully saturated rings. The van der Waals surface area contributed by atoms with Gasteiger partial charge in [0, 0.05) is 45.2 Å². The third kappa shape index (κ3) is 4.85. The van der Waals surface area contributed by atoms with Gasteiger partial charge in [-0.25, -0.2) is 4.79 Å². The highest BCUT2D eigenvalue weighted by Gasteiger charge is 2.35. The monoisotopic (exact) mass is 336 g/mol. The maximum absolute atomic E-state index is 12.1. The molecule has 0 bridgehead atoms. The Bertz CT molecular complexity index is 452. The molecule has 1 saturated carbocycles. The molecule has 0 spiro atoms. The fourth-order valence-electron chi connectivity index (χ4n) is 4.16. The lowest BCUT2D eigenvalue weighted by Gasteiger charge is -2.36. The summed E-state index contributed by atoms with van der Waals surface area (Å²) < 4.78 is 0. The molecule has 6 nitrogen and oxygen atoms in total. The molecule has 24 heavy (non-hydrogen) atoms. The van der Waals surface area contributed by atoms with Gasteiger partial charge in [0.25, 0.3) is 0 Å². The quantitative estimate of drug-likeness (QED) is 0.801. The van der Waals surface area contributed by atoms with Crippen LogP contribution in [0.1, 0.15) is 51.9 Å². The SMILES string of the molecule is CC(=O)N1CCCC(CNC(=O)NCC2CCCCN2C2CC2)C1. The van der Waals surface area contributed by atoms with Crippen molar-refractivity contribution >= 4 is 11.9 Å². The summed E-state index contributed by atoms with van der Waals surface area (Å²) in [5.74, 6) is 0.521. The number of likely N-dealkylation sites (tertiary alicyclic amines) is 2. The maximum atomic E-state index is 12.1. The van der Waals surface area contributed by atoms with Crippen LogP contribution in [0.2, 0.25) is 0 Å². The van der Waals surface area contributed by atoms with Gasteiger partial charge in [0.2, 0.25) is 5.91 Å². The normalized spacial score (nSPS) is 28.5. The van der Waals surface area contributed by atoms with E-state index in [1.807, 2.05) is 4.90 Å². The summed E-state index contributed by atoms with van der Waals surface area (Å²) in [6.07, 6.45) is 8.56. The van der Waals surface area contributed by atoms with Crippen molar-refractivity contribution in [2.75, 3.05) is 32.7 Å². The number of urea groups is 1. The zero-order valence-corrected chi connectivity index (χ0v) is 14.9. The van der Waals surface area contributed by atoms with Crippen LogP contribution in [0, 0.1) is 5.92 Å². The molecule has 0 aromatic carbocycles. The van der Waals surface area contributed by atoms with Crippen LogP contribution in [-0.2, 0) is 4.79 Å². The molecular weight excluding hydrogens is 304 g/mol. The van der Waals surface area contributed by atoms with Gasteiger partial charge < -0.3 is 15.5 Å². The number of carbonyl (C=O) groups is 2. The van der Waals surface area contributed by atoms with Crippen LogP contribution in [0.5, 0.6) is 0 Å². The first-order chi connectivity index (χ1) is 11.6. The molecular formula is C18H32N4O2. The molecule has 6 heteroatoms. The molecule has 0 aromatic heterocycles. The molecule has 2 aliphatic heterocycles. The first-order valence-electron chi connectivity index (χ1n) is 9.66. The first kappa shape index (κ1) is 17.5. The van der Waals surface area contributed by atoms with Crippen molar-refractivity contribution in [3.8, 4) is 0 Å². The average molecular weight is 336 g/mol. The van der Waals surface area contributed by atoms with E-state index in [1.165, 1.54) is 38.6 Å². The Morgan fingerprint density at radius 1 is 0.958 bits per heavy atom. The van der Waals surface area contributed by atoms with E-state index in [0.717, 1.165) is 38.5 Å². The molecule has 1 aliphatic carbocycles. The van der Waals surface area contributed by atoms with Crippen molar-refractivity contribution in [3.05, 3.63) is 0 Å². The second kappa shape index (κ2) is 8.19. The van der Waals surface area contributed by atoms with Crippen LogP contribution in [0.4, 0.5) is 4.79 Å². The highest BCUT2D eigenvalue weighted by Crippen LogP contribution is 2.32. The number of rotatable bonds is 5. The van der Waals surface area contributed by atoms with Crippen LogP contribution in [0.3, 0.4) is 0 Å². The molecule has 0 radical (unpaired) electrons. The number of hydrogen-bond acceptors (Lipinski definition) is 3. The zero-order chi connectivity index (χ0) is 16.9. The fourth-order valence-corrected chi connectivity index (χ4v) is 4.16. The number of hydrogen-bond donors (Lipinski definition) is 2. The maximum Gasteiger partial charge on any atom is 0.314 e. The number of carbonyl (C=O) groups excluding carboxylic acids is 2. The van der Waals surface area contributed by atoms with Gasteiger partial charge in [-0.05, 0) is 51.0 Å². The van der Waals surface area contributed by atoms with Crippen molar-refractivity contribution < 1.29 is 9.59 Å². The lowest BCUT2D eigenvalue weighted by atomic mass is 9.98. The molecule has 2 unspecified atom stereocenters. The van der Waals surface area contributed by atoms with Crippen molar-refractivity contribution in [3.63, 3.8) is 0 Å². The third-order valence-electron chi connectivity index (χ3n) is 5.70. The highest BCUT2D eigenvalue weighted by atomic mass is 16.2. The Balaban J connectivity index is 1.35. The first-order valence-corrected chi connectivity index (χ1v) is 9.66. The molecule has 3 aliphatic rings. The summed E-state index contributed by atoms with van der Waals surface area (Å²) in [7, 11) is 0. The van der Waals surface area contributed by atoms with Crippen LogP contribution in [-0.4, -0.2) is 66.5 Å². The number of amides is 3. The summed E-state index contributed by atoms with van der Waals surface area (Å²) in [6, 6.07) is 1.23. The van der Waals surface area contributed by atoms with E-state index in [4.69, 9.17) is 0 Å². The van der Waals surface area contributed by atoms with Crippen LogP contribution in [0.15, 0.2) is 0 Å². The number of piperidine rings is 2. The Hall–Kier alpha value is -1.30. The lowest BCUT2D eigenvalue weighted by Crippen LogP contribution is -2.50. The largest absolute Gasteiger partial charge is 0.343 e. The zero-order valence-electron chi connectivity index (χ0n) is 14.9. The van der Waals surface area contributed by atoms with E-state index in [0.29, 0.717) is 18.5 Å². The summed E-state index contributed by atoms with van der Waals surface area (Å²) in [6.45, 7) is 5.86. The van der Waals surface area contributed by atoms with Crippen molar-refractivity contribution in [2.24, 2.45) is 5.92 Å². The molecule has 3 rings (SSSR count). The fraction of sp³-hybridized carbons (Fsp3) is 0.889. The van der Waals surface area contributed by atoms with E-state index < -0.39 is 0 Å². The van der Waals surface area contributed by atoms with Crippen molar-refractivity contribution in [1.29, 1.82) is 0 Å². The highest BCUT2D eigenvalue weighted by molar-refractivity contribution is 5.74. The van der Waals surface area contributed by atoms with E-state index in [-0.39, 0.29) is 11.9 Å². The van der Waals surface area contributed by atoms with Gasteiger partial charge in [-0.3, -0.25) is 9.69 Å². The van der Waals surface area contributed by atoms with Gasteiger partial charge >= 0.3 is 6.03 Å². The molecule has 3 amide bonds. The van der Waals surface area contributed by atoms with Gasteiger partial charge in [0.15, 0.2) is 0 Å². The Morgan fingerprint density at radius 3 is 2.50 bits per heavy atom. The molecule has 0 aromatic rings. The summed E-state index contributed by atoms with van der Waals surface area (Å²) >= 11 is 0. The van der Waals surface area contributed by atoms with E-state index in [1.54, 1.807) is 6.92 Å². The van der Waals surface area contributed by atoms with Gasteiger partial charge in [-0.15, -0.1) is 0 Å². The van der Waals surface area contributed by atoms with Crippen LogP contribution < -0.4 is 10.6 Å². The molecule has 2 atom stereocenters. The smallest absolute Gasteiger partial charge is 0.314 e. The predicted octanol–water partition coefficient (Wildman–Crippen LogP) is 1.56. The number of nitrogens with zero attached hydrogens (tertiary/aromatic N) is 2. The Kier molecular flexibility index (Phi) is 5.98. The second-order valence-corrected chi connectivity index (χ2v) is 7.68. The molecule has 136 valence electrons. The van der Waals surface area contributed by atoms with Gasteiger partial charge in [0.1, 0.15) is 0 Å². The average Bonchev–Trinajstić information content (AvgIpc) is 3.43. The van der Waals surface area contributed by atoms with Gasteiger partial charge in [0.05, 0.1) is 0 Å². The van der Waals surface area contributed by atoms with E-state index >= 15 is 0 Å².